The molecule has 3 aromatic heterocycles. The number of aromatic nitrogens is 4. The number of methoxy groups -OCH3 is 1. The van der Waals surface area contributed by atoms with Crippen molar-refractivity contribution in [1.82, 2.24) is 24.7 Å². The monoisotopic (exact) mass is 389 g/mol. The number of hydrogen-bond acceptors (Lipinski definition) is 5. The van der Waals surface area contributed by atoms with Gasteiger partial charge < -0.3 is 19.4 Å². The minimum absolute atomic E-state index is 0.156. The Balaban J connectivity index is 1.46. The summed E-state index contributed by atoms with van der Waals surface area (Å²) < 4.78 is 7.11. The Kier molecular flexibility index (Phi) is 5.07. The molecule has 0 aliphatic heterocycles. The number of carbonyl (C=O) groups is 1. The first-order chi connectivity index (χ1) is 14.1. The lowest BCUT2D eigenvalue weighted by molar-refractivity contribution is 0.0948. The number of aromatic amines is 1. The number of imidazole rings is 1. The van der Waals surface area contributed by atoms with Gasteiger partial charge in [-0.1, -0.05) is 6.07 Å². The maximum atomic E-state index is 12.5. The summed E-state index contributed by atoms with van der Waals surface area (Å²) in [7, 11) is 1.58. The minimum Gasteiger partial charge on any atom is -0.497 e. The Morgan fingerprint density at radius 3 is 2.83 bits per heavy atom. The number of hydrogen-bond donors (Lipinski definition) is 2. The number of amides is 1. The topological polar surface area (TPSA) is 101 Å². The Morgan fingerprint density at radius 1 is 1.21 bits per heavy atom. The number of pyridine rings is 1. The molecular weight excluding hydrogens is 370 g/mol. The van der Waals surface area contributed by atoms with Crippen LogP contribution in [0.25, 0.3) is 16.8 Å². The second-order valence-corrected chi connectivity index (χ2v) is 6.39. The third kappa shape index (κ3) is 4.01. The molecule has 4 rings (SSSR count). The van der Waals surface area contributed by atoms with Crippen molar-refractivity contribution in [2.24, 2.45) is 0 Å². The van der Waals surface area contributed by atoms with Crippen molar-refractivity contribution in [3.63, 3.8) is 0 Å². The Labute approximate surface area is 166 Å². The van der Waals surface area contributed by atoms with Gasteiger partial charge in [-0.3, -0.25) is 4.79 Å². The number of benzene rings is 1. The van der Waals surface area contributed by atoms with Gasteiger partial charge in [-0.25, -0.2) is 9.78 Å². The molecule has 0 atom stereocenters. The van der Waals surface area contributed by atoms with Gasteiger partial charge in [-0.15, -0.1) is 0 Å². The van der Waals surface area contributed by atoms with Crippen molar-refractivity contribution >= 4 is 11.4 Å². The molecule has 146 valence electrons. The van der Waals surface area contributed by atoms with Crippen LogP contribution >= 0.6 is 0 Å². The average molecular weight is 389 g/mol. The number of nitrogens with zero attached hydrogens (tertiary/aromatic N) is 3. The van der Waals surface area contributed by atoms with Crippen LogP contribution in [-0.2, 0) is 6.42 Å². The molecule has 1 aromatic carbocycles. The Morgan fingerprint density at radius 2 is 2.03 bits per heavy atom. The standard InChI is InChI=1S/C21H19N5O3/c1-29-16-7-5-14(6-8-16)17-12-18(25-21(28)24-17)20(27)22-10-9-19-23-13-15-4-2-3-11-26(15)19/h2-8,11-13H,9-10H2,1H3,(H,22,27)(H,24,25,28). The van der Waals surface area contributed by atoms with Crippen LogP contribution < -0.4 is 15.7 Å². The number of carbonyl (C=O) groups excluding carboxylic acids is 1. The number of rotatable bonds is 6. The number of nitrogens with one attached hydrogen (secondary N) is 2. The van der Waals surface area contributed by atoms with E-state index in [2.05, 4.69) is 20.3 Å². The van der Waals surface area contributed by atoms with E-state index < -0.39 is 5.69 Å². The van der Waals surface area contributed by atoms with Crippen LogP contribution in [0.4, 0.5) is 0 Å². The van der Waals surface area contributed by atoms with E-state index in [1.807, 2.05) is 28.8 Å². The first-order valence-corrected chi connectivity index (χ1v) is 9.09. The number of H-pyrrole nitrogens is 1. The summed E-state index contributed by atoms with van der Waals surface area (Å²) in [5.41, 5.74) is 1.71. The lowest BCUT2D eigenvalue weighted by atomic mass is 10.1. The van der Waals surface area contributed by atoms with Gasteiger partial charge in [0.2, 0.25) is 0 Å². The average Bonchev–Trinajstić information content (AvgIpc) is 3.16. The summed E-state index contributed by atoms with van der Waals surface area (Å²) in [6.45, 7) is 0.384. The van der Waals surface area contributed by atoms with Gasteiger partial charge >= 0.3 is 5.69 Å². The molecule has 0 fully saturated rings. The van der Waals surface area contributed by atoms with Crippen LogP contribution in [0.15, 0.2) is 65.7 Å². The predicted molar refractivity (Wildman–Crippen MR) is 108 cm³/mol. The van der Waals surface area contributed by atoms with Crippen molar-refractivity contribution in [3.05, 3.63) is 82.9 Å². The third-order valence-electron chi connectivity index (χ3n) is 4.52. The molecule has 29 heavy (non-hydrogen) atoms. The molecule has 0 aliphatic rings. The van der Waals surface area contributed by atoms with Crippen LogP contribution in [0, 0.1) is 0 Å². The smallest absolute Gasteiger partial charge is 0.346 e. The molecule has 0 radical (unpaired) electrons. The Bertz CT molecular complexity index is 1210. The van der Waals surface area contributed by atoms with Crippen LogP contribution in [0.3, 0.4) is 0 Å². The van der Waals surface area contributed by atoms with Crippen LogP contribution in [0.1, 0.15) is 16.3 Å². The molecule has 8 nitrogen and oxygen atoms in total. The zero-order chi connectivity index (χ0) is 20.2. The van der Waals surface area contributed by atoms with E-state index >= 15 is 0 Å². The normalized spacial score (nSPS) is 10.8. The van der Waals surface area contributed by atoms with Gasteiger partial charge in [-0.2, -0.15) is 4.98 Å². The maximum Gasteiger partial charge on any atom is 0.346 e. The summed E-state index contributed by atoms with van der Waals surface area (Å²) >= 11 is 0. The van der Waals surface area contributed by atoms with Crippen molar-refractivity contribution in [3.8, 4) is 17.0 Å². The molecule has 2 N–H and O–H groups in total. The van der Waals surface area contributed by atoms with E-state index in [0.29, 0.717) is 24.4 Å². The molecular formula is C21H19N5O3. The fourth-order valence-corrected chi connectivity index (χ4v) is 3.06. The summed E-state index contributed by atoms with van der Waals surface area (Å²) in [6.07, 6.45) is 4.28. The molecule has 1 amide bonds. The summed E-state index contributed by atoms with van der Waals surface area (Å²) in [6, 6.07) is 14.5. The maximum absolute atomic E-state index is 12.5. The predicted octanol–water partition coefficient (Wildman–Crippen LogP) is 2.07. The van der Waals surface area contributed by atoms with Crippen molar-refractivity contribution in [1.29, 1.82) is 0 Å². The number of fused-ring (bicyclic) bond motifs is 1. The van der Waals surface area contributed by atoms with Gasteiger partial charge in [0, 0.05) is 24.7 Å². The highest BCUT2D eigenvalue weighted by Gasteiger charge is 2.11. The molecule has 0 bridgehead atoms. The minimum atomic E-state index is -0.581. The zero-order valence-electron chi connectivity index (χ0n) is 15.8. The van der Waals surface area contributed by atoms with Gasteiger partial charge in [0.1, 0.15) is 17.3 Å². The molecule has 4 aromatic rings. The third-order valence-corrected chi connectivity index (χ3v) is 4.52. The van der Waals surface area contributed by atoms with Gasteiger partial charge in [0.25, 0.3) is 5.91 Å². The van der Waals surface area contributed by atoms with Crippen LogP contribution in [0.2, 0.25) is 0 Å². The zero-order valence-corrected chi connectivity index (χ0v) is 15.8. The van der Waals surface area contributed by atoms with E-state index in [4.69, 9.17) is 4.74 Å². The number of ether oxygens (including phenoxy) is 1. The van der Waals surface area contributed by atoms with E-state index in [0.717, 1.165) is 16.9 Å². The second-order valence-electron chi connectivity index (χ2n) is 6.39. The van der Waals surface area contributed by atoms with E-state index in [9.17, 15) is 9.59 Å². The van der Waals surface area contributed by atoms with E-state index in [1.54, 1.807) is 43.6 Å². The lowest BCUT2D eigenvalue weighted by Crippen LogP contribution is -2.29. The lowest BCUT2D eigenvalue weighted by Gasteiger charge is -2.07. The Hall–Kier alpha value is -3.94. The fraction of sp³-hybridized carbons (Fsp3) is 0.143. The highest BCUT2D eigenvalue weighted by atomic mass is 16.5. The van der Waals surface area contributed by atoms with Crippen molar-refractivity contribution < 1.29 is 9.53 Å². The SMILES string of the molecule is COc1ccc(-c2cc(C(=O)NCCc3ncc4ccccn34)[nH]c(=O)n2)cc1. The van der Waals surface area contributed by atoms with Crippen molar-refractivity contribution in [2.75, 3.05) is 13.7 Å². The first kappa shape index (κ1) is 18.4. The quantitative estimate of drug-likeness (QED) is 0.526. The summed E-state index contributed by atoms with van der Waals surface area (Å²) in [4.78, 5) is 35.3. The molecule has 0 spiro atoms. The molecule has 0 saturated carbocycles. The summed E-state index contributed by atoms with van der Waals surface area (Å²) in [5.74, 6) is 1.17. The van der Waals surface area contributed by atoms with Gasteiger partial charge in [0.15, 0.2) is 0 Å². The first-order valence-electron chi connectivity index (χ1n) is 9.09. The van der Waals surface area contributed by atoms with Crippen LogP contribution in [0.5, 0.6) is 5.75 Å². The highest BCUT2D eigenvalue weighted by Crippen LogP contribution is 2.20. The highest BCUT2D eigenvalue weighted by molar-refractivity contribution is 5.93. The molecule has 3 heterocycles. The molecule has 0 aliphatic carbocycles. The largest absolute Gasteiger partial charge is 0.497 e. The second kappa shape index (κ2) is 7.97. The van der Waals surface area contributed by atoms with Gasteiger partial charge in [0.05, 0.1) is 24.5 Å². The molecule has 0 saturated heterocycles. The summed E-state index contributed by atoms with van der Waals surface area (Å²) in [5, 5.41) is 2.82. The van der Waals surface area contributed by atoms with E-state index in [-0.39, 0.29) is 11.6 Å². The van der Waals surface area contributed by atoms with Crippen LogP contribution in [-0.4, -0.2) is 38.9 Å². The fourth-order valence-electron chi connectivity index (χ4n) is 3.06. The van der Waals surface area contributed by atoms with Crippen molar-refractivity contribution in [2.45, 2.75) is 6.42 Å². The molecule has 8 heteroatoms. The van der Waals surface area contributed by atoms with Gasteiger partial charge in [-0.05, 0) is 42.5 Å². The molecule has 0 unspecified atom stereocenters. The van der Waals surface area contributed by atoms with E-state index in [1.165, 1.54) is 0 Å².